The SMILES string of the molecule is COc1ccc(C2CCCN2CC(=O)N(C)Cc2ccco2)cc1. The molecule has 3 rings (SSSR count). The summed E-state index contributed by atoms with van der Waals surface area (Å²) in [7, 11) is 3.49. The largest absolute Gasteiger partial charge is 0.497 e. The number of benzene rings is 1. The molecule has 24 heavy (non-hydrogen) atoms. The van der Waals surface area contributed by atoms with Gasteiger partial charge in [-0.15, -0.1) is 0 Å². The Morgan fingerprint density at radius 2 is 2.12 bits per heavy atom. The highest BCUT2D eigenvalue weighted by Crippen LogP contribution is 2.32. The zero-order valence-electron chi connectivity index (χ0n) is 14.3. The molecule has 0 saturated carbocycles. The van der Waals surface area contributed by atoms with E-state index in [-0.39, 0.29) is 5.91 Å². The van der Waals surface area contributed by atoms with Gasteiger partial charge in [-0.3, -0.25) is 9.69 Å². The predicted molar refractivity (Wildman–Crippen MR) is 91.7 cm³/mol. The van der Waals surface area contributed by atoms with Crippen molar-refractivity contribution in [2.75, 3.05) is 27.2 Å². The quantitative estimate of drug-likeness (QED) is 0.817. The van der Waals surface area contributed by atoms with Gasteiger partial charge >= 0.3 is 0 Å². The zero-order chi connectivity index (χ0) is 16.9. The van der Waals surface area contributed by atoms with E-state index in [4.69, 9.17) is 9.15 Å². The van der Waals surface area contributed by atoms with E-state index < -0.39 is 0 Å². The Kier molecular flexibility index (Phi) is 5.20. The summed E-state index contributed by atoms with van der Waals surface area (Å²) in [6.45, 7) is 1.90. The first-order chi connectivity index (χ1) is 11.7. The maximum Gasteiger partial charge on any atom is 0.236 e. The topological polar surface area (TPSA) is 45.9 Å². The third-order valence-corrected chi connectivity index (χ3v) is 4.60. The molecule has 1 aromatic carbocycles. The highest BCUT2D eigenvalue weighted by atomic mass is 16.5. The first-order valence-corrected chi connectivity index (χ1v) is 8.31. The fourth-order valence-electron chi connectivity index (χ4n) is 3.24. The molecule has 1 fully saturated rings. The van der Waals surface area contributed by atoms with E-state index in [2.05, 4.69) is 17.0 Å². The van der Waals surface area contributed by atoms with E-state index in [1.165, 1.54) is 5.56 Å². The molecule has 0 radical (unpaired) electrons. The fourth-order valence-corrected chi connectivity index (χ4v) is 3.24. The Morgan fingerprint density at radius 3 is 2.79 bits per heavy atom. The summed E-state index contributed by atoms with van der Waals surface area (Å²) in [5.74, 6) is 1.78. The number of hydrogen-bond donors (Lipinski definition) is 0. The highest BCUT2D eigenvalue weighted by Gasteiger charge is 2.28. The van der Waals surface area contributed by atoms with Gasteiger partial charge < -0.3 is 14.1 Å². The molecule has 1 aromatic heterocycles. The molecule has 5 nitrogen and oxygen atoms in total. The second-order valence-electron chi connectivity index (χ2n) is 6.23. The van der Waals surface area contributed by atoms with Crippen LogP contribution in [0.5, 0.6) is 5.75 Å². The lowest BCUT2D eigenvalue weighted by Gasteiger charge is -2.26. The maximum absolute atomic E-state index is 12.5. The number of carbonyl (C=O) groups is 1. The van der Waals surface area contributed by atoms with Crippen LogP contribution in [-0.2, 0) is 11.3 Å². The minimum Gasteiger partial charge on any atom is -0.497 e. The van der Waals surface area contributed by atoms with Crippen LogP contribution in [0.3, 0.4) is 0 Å². The number of furan rings is 1. The van der Waals surface area contributed by atoms with Crippen LogP contribution in [-0.4, -0.2) is 43.0 Å². The Balaban J connectivity index is 1.61. The van der Waals surface area contributed by atoms with Gasteiger partial charge in [0.1, 0.15) is 11.5 Å². The molecule has 128 valence electrons. The second-order valence-corrected chi connectivity index (χ2v) is 6.23. The smallest absolute Gasteiger partial charge is 0.236 e. The van der Waals surface area contributed by atoms with Crippen molar-refractivity contribution in [3.63, 3.8) is 0 Å². The number of likely N-dealkylation sites (tertiary alicyclic amines) is 1. The predicted octanol–water partition coefficient (Wildman–Crippen LogP) is 3.08. The van der Waals surface area contributed by atoms with Crippen LogP contribution in [0.1, 0.15) is 30.2 Å². The standard InChI is InChI=1S/C19H24N2O3/c1-20(13-17-5-4-12-24-17)19(22)14-21-11-3-6-18(21)15-7-9-16(23-2)10-8-15/h4-5,7-10,12,18H,3,6,11,13-14H2,1-2H3. The third kappa shape index (κ3) is 3.79. The Morgan fingerprint density at radius 1 is 1.33 bits per heavy atom. The number of rotatable bonds is 6. The van der Waals surface area contributed by atoms with Crippen molar-refractivity contribution in [3.8, 4) is 5.75 Å². The van der Waals surface area contributed by atoms with Crippen LogP contribution < -0.4 is 4.74 Å². The normalized spacial score (nSPS) is 17.8. The number of methoxy groups -OCH3 is 1. The number of nitrogens with zero attached hydrogens (tertiary/aromatic N) is 2. The third-order valence-electron chi connectivity index (χ3n) is 4.60. The number of likely N-dealkylation sites (N-methyl/N-ethyl adjacent to an activating group) is 1. The summed E-state index contributed by atoms with van der Waals surface area (Å²) >= 11 is 0. The maximum atomic E-state index is 12.5. The molecule has 0 aliphatic carbocycles. The van der Waals surface area contributed by atoms with Crippen LogP contribution in [0.25, 0.3) is 0 Å². The van der Waals surface area contributed by atoms with E-state index in [0.717, 1.165) is 30.9 Å². The zero-order valence-corrected chi connectivity index (χ0v) is 14.3. The summed E-state index contributed by atoms with van der Waals surface area (Å²) in [6, 6.07) is 12.2. The molecular weight excluding hydrogens is 304 g/mol. The fraction of sp³-hybridized carbons (Fsp3) is 0.421. The molecule has 1 aliphatic heterocycles. The monoisotopic (exact) mass is 328 g/mol. The van der Waals surface area contributed by atoms with Gasteiger partial charge in [0.15, 0.2) is 0 Å². The molecule has 2 heterocycles. The molecule has 2 aromatic rings. The molecule has 0 N–H and O–H groups in total. The average Bonchev–Trinajstić information content (AvgIpc) is 3.27. The van der Waals surface area contributed by atoms with Gasteiger partial charge in [0, 0.05) is 13.1 Å². The van der Waals surface area contributed by atoms with E-state index >= 15 is 0 Å². The van der Waals surface area contributed by atoms with E-state index in [9.17, 15) is 4.79 Å². The van der Waals surface area contributed by atoms with Crippen LogP contribution in [0.2, 0.25) is 0 Å². The first kappa shape index (κ1) is 16.6. The van der Waals surface area contributed by atoms with Crippen LogP contribution in [0.15, 0.2) is 47.1 Å². The van der Waals surface area contributed by atoms with Crippen molar-refractivity contribution in [2.24, 2.45) is 0 Å². The number of ether oxygens (including phenoxy) is 1. The minimum atomic E-state index is 0.117. The molecule has 1 unspecified atom stereocenters. The van der Waals surface area contributed by atoms with Gasteiger partial charge in [0.05, 0.1) is 26.5 Å². The van der Waals surface area contributed by atoms with Gasteiger partial charge in [-0.25, -0.2) is 0 Å². The summed E-state index contributed by atoms with van der Waals surface area (Å²) in [5, 5.41) is 0. The number of amides is 1. The summed E-state index contributed by atoms with van der Waals surface area (Å²) < 4.78 is 10.5. The van der Waals surface area contributed by atoms with Crippen molar-refractivity contribution >= 4 is 5.91 Å². The van der Waals surface area contributed by atoms with Gasteiger partial charge in [0.2, 0.25) is 5.91 Å². The van der Waals surface area contributed by atoms with Gasteiger partial charge in [-0.1, -0.05) is 12.1 Å². The van der Waals surface area contributed by atoms with Crippen molar-refractivity contribution in [1.29, 1.82) is 0 Å². The van der Waals surface area contributed by atoms with Crippen molar-refractivity contribution in [2.45, 2.75) is 25.4 Å². The van der Waals surface area contributed by atoms with E-state index in [1.54, 1.807) is 18.3 Å². The van der Waals surface area contributed by atoms with Gasteiger partial charge in [0.25, 0.3) is 0 Å². The lowest BCUT2D eigenvalue weighted by atomic mass is 10.0. The van der Waals surface area contributed by atoms with Crippen molar-refractivity contribution < 1.29 is 13.9 Å². The number of hydrogen-bond acceptors (Lipinski definition) is 4. The molecular formula is C19H24N2O3. The van der Waals surface area contributed by atoms with E-state index in [1.807, 2.05) is 31.3 Å². The summed E-state index contributed by atoms with van der Waals surface area (Å²) in [6.07, 6.45) is 3.83. The summed E-state index contributed by atoms with van der Waals surface area (Å²) in [4.78, 5) is 16.5. The highest BCUT2D eigenvalue weighted by molar-refractivity contribution is 5.78. The first-order valence-electron chi connectivity index (χ1n) is 8.31. The van der Waals surface area contributed by atoms with Crippen molar-refractivity contribution in [3.05, 3.63) is 54.0 Å². The second kappa shape index (κ2) is 7.53. The Bertz CT molecular complexity index is 652. The lowest BCUT2D eigenvalue weighted by Crippen LogP contribution is -2.37. The number of carbonyl (C=O) groups excluding carboxylic acids is 1. The molecule has 1 amide bonds. The van der Waals surface area contributed by atoms with Gasteiger partial charge in [-0.2, -0.15) is 0 Å². The Labute approximate surface area is 142 Å². The minimum absolute atomic E-state index is 0.117. The molecule has 0 bridgehead atoms. The van der Waals surface area contributed by atoms with Crippen LogP contribution in [0.4, 0.5) is 0 Å². The van der Waals surface area contributed by atoms with Crippen LogP contribution >= 0.6 is 0 Å². The molecule has 5 heteroatoms. The van der Waals surface area contributed by atoms with E-state index in [0.29, 0.717) is 19.1 Å². The Hall–Kier alpha value is -2.27. The molecule has 0 spiro atoms. The molecule has 1 atom stereocenters. The molecule has 1 saturated heterocycles. The lowest BCUT2D eigenvalue weighted by molar-refractivity contribution is -0.132. The average molecular weight is 328 g/mol. The van der Waals surface area contributed by atoms with Gasteiger partial charge in [-0.05, 0) is 49.2 Å². The summed E-state index contributed by atoms with van der Waals surface area (Å²) in [5.41, 5.74) is 1.25. The molecule has 1 aliphatic rings. The van der Waals surface area contributed by atoms with Crippen molar-refractivity contribution in [1.82, 2.24) is 9.80 Å². The van der Waals surface area contributed by atoms with Crippen LogP contribution in [0, 0.1) is 0 Å².